The first-order valence-corrected chi connectivity index (χ1v) is 7.25. The van der Waals surface area contributed by atoms with Gasteiger partial charge >= 0.3 is 0 Å². The second-order valence-electron chi connectivity index (χ2n) is 5.93. The van der Waals surface area contributed by atoms with Gasteiger partial charge in [0.1, 0.15) is 11.6 Å². The van der Waals surface area contributed by atoms with Gasteiger partial charge in [-0.1, -0.05) is 6.92 Å². The van der Waals surface area contributed by atoms with Crippen molar-refractivity contribution in [3.63, 3.8) is 0 Å². The third kappa shape index (κ3) is 2.81. The maximum atomic E-state index is 4.68. The van der Waals surface area contributed by atoms with E-state index in [9.17, 15) is 0 Å². The Hall–Kier alpha value is -1.91. The summed E-state index contributed by atoms with van der Waals surface area (Å²) in [5.41, 5.74) is 2.03. The number of rotatable bonds is 3. The molecule has 3 rings (SSSR count). The Morgan fingerprint density at radius 2 is 2.00 bits per heavy atom. The average molecular weight is 271 g/mol. The standard InChI is InChI=1S/C15H21N5/c1-9-4-5-12(6-9)15-16-10(2)7-13(18-15)17-14-8-11(3)19-20-14/h7-9,12H,4-6H2,1-3H3,(H2,16,17,18,19,20). The molecule has 2 N–H and O–H groups in total. The van der Waals surface area contributed by atoms with Crippen molar-refractivity contribution in [2.45, 2.75) is 46.0 Å². The number of aromatic nitrogens is 4. The van der Waals surface area contributed by atoms with Crippen molar-refractivity contribution in [2.75, 3.05) is 5.32 Å². The molecule has 106 valence electrons. The highest BCUT2D eigenvalue weighted by molar-refractivity contribution is 5.52. The largest absolute Gasteiger partial charge is 0.323 e. The maximum Gasteiger partial charge on any atom is 0.153 e. The number of H-pyrrole nitrogens is 1. The van der Waals surface area contributed by atoms with Gasteiger partial charge in [-0.2, -0.15) is 5.10 Å². The van der Waals surface area contributed by atoms with Gasteiger partial charge in [-0.3, -0.25) is 5.10 Å². The van der Waals surface area contributed by atoms with Gasteiger partial charge in [0.15, 0.2) is 5.82 Å². The molecule has 2 atom stereocenters. The Morgan fingerprint density at radius 3 is 2.65 bits per heavy atom. The summed E-state index contributed by atoms with van der Waals surface area (Å²) >= 11 is 0. The molecule has 0 aliphatic heterocycles. The highest BCUT2D eigenvalue weighted by Crippen LogP contribution is 2.36. The molecule has 20 heavy (non-hydrogen) atoms. The molecule has 5 nitrogen and oxygen atoms in total. The zero-order valence-electron chi connectivity index (χ0n) is 12.3. The van der Waals surface area contributed by atoms with E-state index in [0.29, 0.717) is 5.92 Å². The second-order valence-corrected chi connectivity index (χ2v) is 5.93. The third-order valence-electron chi connectivity index (χ3n) is 3.89. The molecule has 1 aliphatic rings. The fourth-order valence-electron chi connectivity index (χ4n) is 2.89. The van der Waals surface area contributed by atoms with Gasteiger partial charge in [-0.05, 0) is 39.0 Å². The van der Waals surface area contributed by atoms with Crippen molar-refractivity contribution in [3.05, 3.63) is 29.3 Å². The van der Waals surface area contributed by atoms with Crippen LogP contribution in [0.15, 0.2) is 12.1 Å². The third-order valence-corrected chi connectivity index (χ3v) is 3.89. The van der Waals surface area contributed by atoms with Crippen molar-refractivity contribution in [2.24, 2.45) is 5.92 Å². The molecular weight excluding hydrogens is 250 g/mol. The summed E-state index contributed by atoms with van der Waals surface area (Å²) in [6, 6.07) is 3.93. The predicted octanol–water partition coefficient (Wildman–Crippen LogP) is 3.46. The lowest BCUT2D eigenvalue weighted by Crippen LogP contribution is -2.05. The highest BCUT2D eigenvalue weighted by Gasteiger charge is 2.25. The summed E-state index contributed by atoms with van der Waals surface area (Å²) in [6.07, 6.45) is 3.68. The Morgan fingerprint density at radius 1 is 1.15 bits per heavy atom. The van der Waals surface area contributed by atoms with E-state index < -0.39 is 0 Å². The first-order chi connectivity index (χ1) is 9.60. The lowest BCUT2D eigenvalue weighted by molar-refractivity contribution is 0.585. The Kier molecular flexibility index (Phi) is 3.42. The minimum atomic E-state index is 0.506. The number of anilines is 2. The lowest BCUT2D eigenvalue weighted by atomic mass is 10.1. The van der Waals surface area contributed by atoms with Crippen molar-refractivity contribution in [1.29, 1.82) is 0 Å². The molecule has 0 saturated heterocycles. The van der Waals surface area contributed by atoms with Crippen molar-refractivity contribution < 1.29 is 0 Å². The molecule has 1 fully saturated rings. The van der Waals surface area contributed by atoms with Crippen LogP contribution in [0.1, 0.15) is 49.3 Å². The van der Waals surface area contributed by atoms with Crippen molar-refractivity contribution in [1.82, 2.24) is 20.2 Å². The molecule has 0 radical (unpaired) electrons. The van der Waals surface area contributed by atoms with Crippen LogP contribution < -0.4 is 5.32 Å². The number of hydrogen-bond acceptors (Lipinski definition) is 4. The van der Waals surface area contributed by atoms with Gasteiger partial charge < -0.3 is 5.32 Å². The van der Waals surface area contributed by atoms with Crippen LogP contribution in [0, 0.1) is 19.8 Å². The maximum absolute atomic E-state index is 4.68. The second kappa shape index (κ2) is 5.23. The molecule has 2 unspecified atom stereocenters. The fraction of sp³-hybridized carbons (Fsp3) is 0.533. The number of aryl methyl sites for hydroxylation is 2. The van der Waals surface area contributed by atoms with E-state index >= 15 is 0 Å². The highest BCUT2D eigenvalue weighted by atomic mass is 15.2. The van der Waals surface area contributed by atoms with E-state index in [1.54, 1.807) is 0 Å². The molecule has 2 heterocycles. The first-order valence-electron chi connectivity index (χ1n) is 7.25. The lowest BCUT2D eigenvalue weighted by Gasteiger charge is -2.11. The van der Waals surface area contributed by atoms with Crippen molar-refractivity contribution in [3.8, 4) is 0 Å². The monoisotopic (exact) mass is 271 g/mol. The van der Waals surface area contributed by atoms with Crippen LogP contribution in [-0.2, 0) is 0 Å². The van der Waals surface area contributed by atoms with E-state index in [1.807, 2.05) is 26.0 Å². The predicted molar refractivity (Wildman–Crippen MR) is 79.1 cm³/mol. The van der Waals surface area contributed by atoms with Gasteiger partial charge in [-0.25, -0.2) is 9.97 Å². The van der Waals surface area contributed by atoms with E-state index in [-0.39, 0.29) is 0 Å². The molecule has 0 bridgehead atoms. The molecule has 1 saturated carbocycles. The SMILES string of the molecule is Cc1cc(Nc2cc(C)[nH]n2)nc(C2CCC(C)C2)n1. The fourth-order valence-corrected chi connectivity index (χ4v) is 2.89. The van der Waals surface area contributed by atoms with E-state index in [2.05, 4.69) is 32.4 Å². The number of nitrogens with zero attached hydrogens (tertiary/aromatic N) is 3. The van der Waals surface area contributed by atoms with Crippen LogP contribution in [-0.4, -0.2) is 20.2 Å². The van der Waals surface area contributed by atoms with Crippen LogP contribution in [0.3, 0.4) is 0 Å². The summed E-state index contributed by atoms with van der Waals surface area (Å²) in [6.45, 7) is 6.31. The molecule has 0 aromatic carbocycles. The van der Waals surface area contributed by atoms with E-state index in [1.165, 1.54) is 19.3 Å². The van der Waals surface area contributed by atoms with E-state index in [4.69, 9.17) is 0 Å². The van der Waals surface area contributed by atoms with Gasteiger partial charge in [0.05, 0.1) is 0 Å². The van der Waals surface area contributed by atoms with E-state index in [0.717, 1.165) is 34.8 Å². The zero-order chi connectivity index (χ0) is 14.1. The number of nitrogens with one attached hydrogen (secondary N) is 2. The molecule has 2 aromatic rings. The quantitative estimate of drug-likeness (QED) is 0.897. The molecule has 5 heteroatoms. The van der Waals surface area contributed by atoms with Crippen LogP contribution >= 0.6 is 0 Å². The first kappa shape index (κ1) is 13.1. The number of aromatic amines is 1. The number of hydrogen-bond donors (Lipinski definition) is 2. The smallest absolute Gasteiger partial charge is 0.153 e. The zero-order valence-corrected chi connectivity index (χ0v) is 12.3. The van der Waals surface area contributed by atoms with Crippen molar-refractivity contribution >= 4 is 11.6 Å². The van der Waals surface area contributed by atoms with Crippen LogP contribution in [0.2, 0.25) is 0 Å². The summed E-state index contributed by atoms with van der Waals surface area (Å²) < 4.78 is 0. The van der Waals surface area contributed by atoms with Crippen LogP contribution in [0.5, 0.6) is 0 Å². The van der Waals surface area contributed by atoms with Gasteiger partial charge in [0.2, 0.25) is 0 Å². The van der Waals surface area contributed by atoms with Crippen LogP contribution in [0.25, 0.3) is 0 Å². The normalized spacial score (nSPS) is 22.1. The molecule has 0 spiro atoms. The topological polar surface area (TPSA) is 66.5 Å². The van der Waals surface area contributed by atoms with Gasteiger partial charge in [0, 0.05) is 29.4 Å². The minimum Gasteiger partial charge on any atom is -0.323 e. The Balaban J connectivity index is 1.83. The Bertz CT molecular complexity index is 604. The van der Waals surface area contributed by atoms with Crippen LogP contribution in [0.4, 0.5) is 11.6 Å². The van der Waals surface area contributed by atoms with Gasteiger partial charge in [-0.15, -0.1) is 0 Å². The average Bonchev–Trinajstić information content (AvgIpc) is 2.98. The molecule has 2 aromatic heterocycles. The minimum absolute atomic E-state index is 0.506. The summed E-state index contributed by atoms with van der Waals surface area (Å²) in [7, 11) is 0. The molecule has 0 amide bonds. The Labute approximate surface area is 119 Å². The summed E-state index contributed by atoms with van der Waals surface area (Å²) in [5, 5.41) is 10.4. The summed E-state index contributed by atoms with van der Waals surface area (Å²) in [4.78, 5) is 9.30. The molecular formula is C15H21N5. The molecule has 1 aliphatic carbocycles. The van der Waals surface area contributed by atoms with Gasteiger partial charge in [0.25, 0.3) is 0 Å². The summed E-state index contributed by atoms with van der Waals surface area (Å²) in [5.74, 6) is 3.90.